The molecule has 2 aliphatic heterocycles. The molecule has 0 aliphatic carbocycles. The van der Waals surface area contributed by atoms with Gasteiger partial charge in [-0.05, 0) is 49.7 Å². The molecule has 0 aromatic heterocycles. The Labute approximate surface area is 181 Å². The van der Waals surface area contributed by atoms with Gasteiger partial charge in [0, 0.05) is 36.9 Å². The highest BCUT2D eigenvalue weighted by atomic mass is 32.2. The first kappa shape index (κ1) is 21.5. The first-order valence-electron chi connectivity index (χ1n) is 10.2. The lowest BCUT2D eigenvalue weighted by atomic mass is 10.1. The molecule has 2 heterocycles. The number of sulfonamides is 1. The maximum Gasteiger partial charge on any atom is 0.269 e. The maximum atomic E-state index is 12.8. The van der Waals surface area contributed by atoms with Gasteiger partial charge in [0.15, 0.2) is 0 Å². The second-order valence-corrected chi connectivity index (χ2v) is 9.74. The lowest BCUT2D eigenvalue weighted by molar-refractivity contribution is 0.0342. The molecule has 0 atom stereocenters. The Bertz CT molecular complexity index is 1120. The quantitative estimate of drug-likeness (QED) is 0.762. The molecule has 2 amide bonds. The topological polar surface area (TPSA) is 96.0 Å². The van der Waals surface area contributed by atoms with Gasteiger partial charge in [0.25, 0.3) is 21.8 Å². The molecule has 0 spiro atoms. The number of morpholine rings is 1. The molecule has 0 unspecified atom stereocenters. The van der Waals surface area contributed by atoms with E-state index in [2.05, 4.69) is 10.2 Å². The third-order valence-electron chi connectivity index (χ3n) is 5.37. The van der Waals surface area contributed by atoms with Gasteiger partial charge in [0.2, 0.25) is 0 Å². The summed E-state index contributed by atoms with van der Waals surface area (Å²) in [5, 5.41) is 2.82. The predicted octanol–water partition coefficient (Wildman–Crippen LogP) is 2.32. The number of nitrogens with one attached hydrogen (secondary N) is 1. The van der Waals surface area contributed by atoms with E-state index in [-0.39, 0.29) is 16.0 Å². The van der Waals surface area contributed by atoms with E-state index in [4.69, 9.17) is 4.74 Å². The van der Waals surface area contributed by atoms with Crippen LogP contribution in [-0.2, 0) is 21.3 Å². The average Bonchev–Trinajstić information content (AvgIpc) is 2.94. The van der Waals surface area contributed by atoms with Gasteiger partial charge in [0.1, 0.15) is 4.90 Å². The summed E-state index contributed by atoms with van der Waals surface area (Å²) in [5.74, 6) is -0.996. The van der Waals surface area contributed by atoms with E-state index in [1.54, 1.807) is 19.9 Å². The number of hydrogen-bond acceptors (Lipinski definition) is 6. The van der Waals surface area contributed by atoms with E-state index in [0.29, 0.717) is 18.9 Å². The van der Waals surface area contributed by atoms with Crippen molar-refractivity contribution in [2.24, 2.45) is 0 Å². The van der Waals surface area contributed by atoms with Crippen molar-refractivity contribution in [3.05, 3.63) is 59.2 Å². The zero-order valence-electron chi connectivity index (χ0n) is 17.5. The van der Waals surface area contributed by atoms with Crippen LogP contribution >= 0.6 is 0 Å². The predicted molar refractivity (Wildman–Crippen MR) is 115 cm³/mol. The number of anilines is 1. The van der Waals surface area contributed by atoms with E-state index in [1.165, 1.54) is 18.2 Å². The van der Waals surface area contributed by atoms with E-state index >= 15 is 0 Å². The van der Waals surface area contributed by atoms with Gasteiger partial charge >= 0.3 is 0 Å². The molecule has 0 radical (unpaired) electrons. The Balaban J connectivity index is 1.52. The first-order valence-corrected chi connectivity index (χ1v) is 11.6. The second kappa shape index (κ2) is 8.41. The number of carbonyl (C=O) groups is 2. The summed E-state index contributed by atoms with van der Waals surface area (Å²) in [6, 6.07) is 11.2. The van der Waals surface area contributed by atoms with Crippen LogP contribution in [0.5, 0.6) is 0 Å². The number of fused-ring (bicyclic) bond motifs is 1. The van der Waals surface area contributed by atoms with Gasteiger partial charge in [-0.3, -0.25) is 14.5 Å². The summed E-state index contributed by atoms with van der Waals surface area (Å²) in [5.41, 5.74) is 1.96. The van der Waals surface area contributed by atoms with Crippen molar-refractivity contribution in [3.63, 3.8) is 0 Å². The standard InChI is InChI=1S/C22H25N3O5S/c1-15(2)25-22(27)19-7-6-17(13-20(19)31(25,28)29)21(26)23-18-5-3-4-16(12-18)14-24-8-10-30-11-9-24/h3-7,12-13,15H,8-11,14H2,1-2H3,(H,23,26). The number of benzene rings is 2. The van der Waals surface area contributed by atoms with Crippen molar-refractivity contribution in [1.29, 1.82) is 0 Å². The first-order chi connectivity index (χ1) is 14.8. The van der Waals surface area contributed by atoms with E-state index in [1.807, 2.05) is 18.2 Å². The molecule has 0 saturated carbocycles. The molecule has 1 N–H and O–H groups in total. The van der Waals surface area contributed by atoms with Crippen molar-refractivity contribution >= 4 is 27.5 Å². The molecule has 8 nitrogen and oxygen atoms in total. The van der Waals surface area contributed by atoms with Gasteiger partial charge in [-0.2, -0.15) is 0 Å². The molecule has 164 valence electrons. The molecular weight excluding hydrogens is 418 g/mol. The third kappa shape index (κ3) is 4.21. The van der Waals surface area contributed by atoms with Gasteiger partial charge < -0.3 is 10.1 Å². The summed E-state index contributed by atoms with van der Waals surface area (Å²) in [6.45, 7) is 7.20. The van der Waals surface area contributed by atoms with Crippen molar-refractivity contribution in [2.75, 3.05) is 31.6 Å². The molecule has 2 aromatic carbocycles. The minimum atomic E-state index is -3.96. The summed E-state index contributed by atoms with van der Waals surface area (Å²) < 4.78 is 31.8. The molecule has 9 heteroatoms. The molecule has 2 aromatic rings. The van der Waals surface area contributed by atoms with Gasteiger partial charge in [0.05, 0.1) is 18.8 Å². The number of nitrogens with zero attached hydrogens (tertiary/aromatic N) is 2. The van der Waals surface area contributed by atoms with Gasteiger partial charge in [-0.25, -0.2) is 12.7 Å². The highest BCUT2D eigenvalue weighted by molar-refractivity contribution is 7.90. The van der Waals surface area contributed by atoms with Crippen molar-refractivity contribution in [2.45, 2.75) is 31.3 Å². The Kier molecular flexibility index (Phi) is 5.83. The molecule has 2 aliphatic rings. The second-order valence-electron chi connectivity index (χ2n) is 7.95. The number of carbonyl (C=O) groups excluding carboxylic acids is 2. The van der Waals surface area contributed by atoms with Crippen LogP contribution in [0.15, 0.2) is 47.4 Å². The SMILES string of the molecule is CC(C)N1C(=O)c2ccc(C(=O)Nc3cccc(CN4CCOCC4)c3)cc2S1(=O)=O. The zero-order chi connectivity index (χ0) is 22.2. The van der Waals surface area contributed by atoms with Crippen LogP contribution in [0.2, 0.25) is 0 Å². The fourth-order valence-electron chi connectivity index (χ4n) is 3.87. The van der Waals surface area contributed by atoms with Crippen molar-refractivity contribution in [1.82, 2.24) is 9.21 Å². The van der Waals surface area contributed by atoms with Crippen LogP contribution in [0.3, 0.4) is 0 Å². The van der Waals surface area contributed by atoms with Crippen LogP contribution in [0, 0.1) is 0 Å². The molecule has 1 fully saturated rings. The van der Waals surface area contributed by atoms with Crippen LogP contribution < -0.4 is 5.32 Å². The summed E-state index contributed by atoms with van der Waals surface area (Å²) >= 11 is 0. The van der Waals surface area contributed by atoms with Gasteiger partial charge in [-0.1, -0.05) is 12.1 Å². The van der Waals surface area contributed by atoms with Crippen LogP contribution in [0.1, 0.15) is 40.1 Å². The fraction of sp³-hybridized carbons (Fsp3) is 0.364. The number of ether oxygens (including phenoxy) is 1. The number of amides is 2. The van der Waals surface area contributed by atoms with E-state index < -0.39 is 27.9 Å². The van der Waals surface area contributed by atoms with Crippen molar-refractivity contribution < 1.29 is 22.7 Å². The van der Waals surface area contributed by atoms with Crippen LogP contribution in [0.4, 0.5) is 5.69 Å². The highest BCUT2D eigenvalue weighted by Crippen LogP contribution is 2.32. The fourth-order valence-corrected chi connectivity index (χ4v) is 5.66. The molecule has 0 bridgehead atoms. The Morgan fingerprint density at radius 1 is 1.13 bits per heavy atom. The van der Waals surface area contributed by atoms with Crippen LogP contribution in [-0.4, -0.2) is 61.8 Å². The summed E-state index contributed by atoms with van der Waals surface area (Å²) in [4.78, 5) is 27.4. The number of rotatable bonds is 5. The Hall–Kier alpha value is -2.75. The highest BCUT2D eigenvalue weighted by Gasteiger charge is 2.42. The van der Waals surface area contributed by atoms with Gasteiger partial charge in [-0.15, -0.1) is 0 Å². The third-order valence-corrected chi connectivity index (χ3v) is 7.37. The maximum absolute atomic E-state index is 12.8. The minimum Gasteiger partial charge on any atom is -0.379 e. The largest absolute Gasteiger partial charge is 0.379 e. The smallest absolute Gasteiger partial charge is 0.269 e. The lowest BCUT2D eigenvalue weighted by Gasteiger charge is -2.26. The minimum absolute atomic E-state index is 0.0951. The summed E-state index contributed by atoms with van der Waals surface area (Å²) in [7, 11) is -3.96. The Morgan fingerprint density at radius 3 is 2.58 bits per heavy atom. The normalized spacial score (nSPS) is 18.3. The monoisotopic (exact) mass is 443 g/mol. The summed E-state index contributed by atoms with van der Waals surface area (Å²) in [6.07, 6.45) is 0. The van der Waals surface area contributed by atoms with E-state index in [9.17, 15) is 18.0 Å². The molecular formula is C22H25N3O5S. The molecule has 4 rings (SSSR count). The lowest BCUT2D eigenvalue weighted by Crippen LogP contribution is -2.36. The Morgan fingerprint density at radius 2 is 1.87 bits per heavy atom. The number of hydrogen-bond donors (Lipinski definition) is 1. The molecule has 31 heavy (non-hydrogen) atoms. The molecule has 1 saturated heterocycles. The zero-order valence-corrected chi connectivity index (χ0v) is 18.3. The van der Waals surface area contributed by atoms with Crippen molar-refractivity contribution in [3.8, 4) is 0 Å². The average molecular weight is 444 g/mol. The van der Waals surface area contributed by atoms with E-state index in [0.717, 1.165) is 29.5 Å². The van der Waals surface area contributed by atoms with Crippen LogP contribution in [0.25, 0.3) is 0 Å².